The minimum absolute atomic E-state index is 0.0441. The number of hydrogen-bond acceptors (Lipinski definition) is 2. The first-order chi connectivity index (χ1) is 8.09. The molecule has 1 aromatic carbocycles. The zero-order valence-electron chi connectivity index (χ0n) is 11.1. The molecule has 0 spiro atoms. The Balaban J connectivity index is 2.03. The van der Waals surface area contributed by atoms with Crippen molar-refractivity contribution in [2.24, 2.45) is 0 Å². The highest BCUT2D eigenvalue weighted by Crippen LogP contribution is 2.25. The molecular formula is C15H23NO. The van der Waals surface area contributed by atoms with E-state index in [1.54, 1.807) is 0 Å². The lowest BCUT2D eigenvalue weighted by molar-refractivity contribution is 0.0614. The third-order valence-corrected chi connectivity index (χ3v) is 3.47. The van der Waals surface area contributed by atoms with Crippen LogP contribution in [-0.2, 0) is 0 Å². The molecule has 1 heterocycles. The molecule has 1 aromatic rings. The highest BCUT2D eigenvalue weighted by atomic mass is 16.5. The fourth-order valence-corrected chi connectivity index (χ4v) is 2.32. The Kier molecular flexibility index (Phi) is 3.72. The van der Waals surface area contributed by atoms with Crippen LogP contribution in [0.3, 0.4) is 0 Å². The van der Waals surface area contributed by atoms with Crippen molar-refractivity contribution in [3.8, 4) is 5.75 Å². The van der Waals surface area contributed by atoms with Gasteiger partial charge in [0.05, 0.1) is 0 Å². The van der Waals surface area contributed by atoms with Crippen molar-refractivity contribution in [3.63, 3.8) is 0 Å². The molecule has 0 saturated carbocycles. The van der Waals surface area contributed by atoms with Crippen molar-refractivity contribution in [2.45, 2.75) is 45.1 Å². The summed E-state index contributed by atoms with van der Waals surface area (Å²) in [6.07, 6.45) is 2.33. The molecule has 1 aliphatic heterocycles. The van der Waals surface area contributed by atoms with Crippen LogP contribution < -0.4 is 10.1 Å². The normalized spacial score (nSPS) is 24.9. The van der Waals surface area contributed by atoms with Gasteiger partial charge in [-0.15, -0.1) is 0 Å². The molecule has 0 bridgehead atoms. The number of nitrogens with one attached hydrogen (secondary N) is 1. The van der Waals surface area contributed by atoms with E-state index in [0.717, 1.165) is 25.3 Å². The van der Waals surface area contributed by atoms with Gasteiger partial charge in [0, 0.05) is 6.54 Å². The maximum Gasteiger partial charge on any atom is 0.120 e. The van der Waals surface area contributed by atoms with E-state index in [1.165, 1.54) is 12.0 Å². The second kappa shape index (κ2) is 5.09. The van der Waals surface area contributed by atoms with Gasteiger partial charge in [0.2, 0.25) is 0 Å². The highest BCUT2D eigenvalue weighted by Gasteiger charge is 2.28. The van der Waals surface area contributed by atoms with Crippen LogP contribution in [0.5, 0.6) is 5.75 Å². The van der Waals surface area contributed by atoms with Gasteiger partial charge < -0.3 is 10.1 Å². The topological polar surface area (TPSA) is 21.3 Å². The Morgan fingerprint density at radius 3 is 2.47 bits per heavy atom. The molecule has 0 aliphatic carbocycles. The Morgan fingerprint density at radius 2 is 1.94 bits per heavy atom. The summed E-state index contributed by atoms with van der Waals surface area (Å²) in [7, 11) is 0. The number of piperidine rings is 1. The van der Waals surface area contributed by atoms with Crippen molar-refractivity contribution in [1.82, 2.24) is 5.32 Å². The number of ether oxygens (including phenoxy) is 1. The number of hydrogen-bond donors (Lipinski definition) is 1. The molecule has 1 atom stereocenters. The smallest absolute Gasteiger partial charge is 0.120 e. The van der Waals surface area contributed by atoms with Crippen molar-refractivity contribution in [3.05, 3.63) is 29.8 Å². The molecule has 1 fully saturated rings. The van der Waals surface area contributed by atoms with Crippen molar-refractivity contribution in [1.29, 1.82) is 0 Å². The first kappa shape index (κ1) is 12.4. The number of benzene rings is 1. The largest absolute Gasteiger partial charge is 0.486 e. The van der Waals surface area contributed by atoms with Crippen molar-refractivity contribution >= 4 is 0 Å². The van der Waals surface area contributed by atoms with E-state index in [9.17, 15) is 0 Å². The lowest BCUT2D eigenvalue weighted by atomic mass is 9.96. The summed E-state index contributed by atoms with van der Waals surface area (Å²) < 4.78 is 6.12. The molecule has 2 rings (SSSR count). The van der Waals surface area contributed by atoms with Crippen LogP contribution in [0.15, 0.2) is 24.3 Å². The van der Waals surface area contributed by atoms with Crippen molar-refractivity contribution in [2.75, 3.05) is 13.1 Å². The molecular weight excluding hydrogens is 210 g/mol. The molecule has 17 heavy (non-hydrogen) atoms. The second-order valence-corrected chi connectivity index (χ2v) is 5.56. The molecule has 94 valence electrons. The van der Waals surface area contributed by atoms with E-state index < -0.39 is 0 Å². The van der Waals surface area contributed by atoms with Gasteiger partial charge in [-0.2, -0.15) is 0 Å². The van der Waals surface area contributed by atoms with Crippen molar-refractivity contribution < 1.29 is 4.74 Å². The minimum Gasteiger partial charge on any atom is -0.486 e. The summed E-state index contributed by atoms with van der Waals surface area (Å²) in [6.45, 7) is 8.67. The lowest BCUT2D eigenvalue weighted by Gasteiger charge is -2.34. The predicted octanol–water partition coefficient (Wildman–Crippen LogP) is 3.33. The van der Waals surface area contributed by atoms with E-state index in [1.807, 2.05) is 0 Å². The van der Waals surface area contributed by atoms with E-state index in [0.29, 0.717) is 5.92 Å². The summed E-state index contributed by atoms with van der Waals surface area (Å²) >= 11 is 0. The van der Waals surface area contributed by atoms with Crippen LogP contribution in [-0.4, -0.2) is 18.7 Å². The van der Waals surface area contributed by atoms with E-state index in [-0.39, 0.29) is 5.60 Å². The standard InChI is InChI=1S/C15H23NO/c1-12(2)13-5-7-14(8-6-13)17-15(3)9-4-10-16-11-15/h5-8,12,16H,4,9-11H2,1-3H3. The monoisotopic (exact) mass is 233 g/mol. The average Bonchev–Trinajstić information content (AvgIpc) is 2.30. The van der Waals surface area contributed by atoms with Crippen LogP contribution >= 0.6 is 0 Å². The summed E-state index contributed by atoms with van der Waals surface area (Å²) in [4.78, 5) is 0. The first-order valence-corrected chi connectivity index (χ1v) is 6.59. The fraction of sp³-hybridized carbons (Fsp3) is 0.600. The minimum atomic E-state index is -0.0441. The summed E-state index contributed by atoms with van der Waals surface area (Å²) in [5, 5.41) is 3.40. The molecule has 2 heteroatoms. The summed E-state index contributed by atoms with van der Waals surface area (Å²) in [6, 6.07) is 8.52. The van der Waals surface area contributed by atoms with Crippen LogP contribution in [0.1, 0.15) is 45.1 Å². The van der Waals surface area contributed by atoms with Gasteiger partial charge in [0.1, 0.15) is 11.4 Å². The Bertz CT molecular complexity index is 350. The predicted molar refractivity (Wildman–Crippen MR) is 71.7 cm³/mol. The highest BCUT2D eigenvalue weighted by molar-refractivity contribution is 5.29. The summed E-state index contributed by atoms with van der Waals surface area (Å²) in [5.41, 5.74) is 1.32. The Labute approximate surface area is 104 Å². The quantitative estimate of drug-likeness (QED) is 0.864. The van der Waals surface area contributed by atoms with Gasteiger partial charge in [-0.25, -0.2) is 0 Å². The van der Waals surface area contributed by atoms with Crippen LogP contribution in [0.4, 0.5) is 0 Å². The average molecular weight is 233 g/mol. The molecule has 1 unspecified atom stereocenters. The van der Waals surface area contributed by atoms with E-state index in [4.69, 9.17) is 4.74 Å². The SMILES string of the molecule is CC(C)c1ccc(OC2(C)CCCNC2)cc1. The van der Waals surface area contributed by atoms with E-state index >= 15 is 0 Å². The summed E-state index contributed by atoms with van der Waals surface area (Å²) in [5.74, 6) is 1.57. The second-order valence-electron chi connectivity index (χ2n) is 5.56. The lowest BCUT2D eigenvalue weighted by Crippen LogP contribution is -2.47. The zero-order chi connectivity index (χ0) is 12.3. The van der Waals surface area contributed by atoms with Gasteiger partial charge in [-0.3, -0.25) is 0 Å². The fourth-order valence-electron chi connectivity index (χ4n) is 2.32. The Hall–Kier alpha value is -1.02. The number of rotatable bonds is 3. The molecule has 1 aliphatic rings. The van der Waals surface area contributed by atoms with Crippen LogP contribution in [0.2, 0.25) is 0 Å². The van der Waals surface area contributed by atoms with Crippen LogP contribution in [0, 0.1) is 0 Å². The first-order valence-electron chi connectivity index (χ1n) is 6.59. The van der Waals surface area contributed by atoms with Gasteiger partial charge >= 0.3 is 0 Å². The molecule has 0 aromatic heterocycles. The van der Waals surface area contributed by atoms with Gasteiger partial charge in [0.25, 0.3) is 0 Å². The van der Waals surface area contributed by atoms with Gasteiger partial charge in [0.15, 0.2) is 0 Å². The van der Waals surface area contributed by atoms with Crippen LogP contribution in [0.25, 0.3) is 0 Å². The zero-order valence-corrected chi connectivity index (χ0v) is 11.1. The van der Waals surface area contributed by atoms with Gasteiger partial charge in [-0.1, -0.05) is 26.0 Å². The Morgan fingerprint density at radius 1 is 1.24 bits per heavy atom. The maximum atomic E-state index is 6.12. The molecule has 1 saturated heterocycles. The third-order valence-electron chi connectivity index (χ3n) is 3.47. The third kappa shape index (κ3) is 3.22. The molecule has 0 amide bonds. The molecule has 0 radical (unpaired) electrons. The maximum absolute atomic E-state index is 6.12. The van der Waals surface area contributed by atoms with Gasteiger partial charge in [-0.05, 0) is 49.9 Å². The molecule has 1 N–H and O–H groups in total. The van der Waals surface area contributed by atoms with E-state index in [2.05, 4.69) is 50.4 Å². The molecule has 2 nitrogen and oxygen atoms in total.